The average molecular weight is 541 g/mol. The maximum absolute atomic E-state index is 11.8. The number of unbranched alkanes of at least 4 members (excludes halogenated alkanes) is 1. The van der Waals surface area contributed by atoms with Crippen LogP contribution >= 0.6 is 24.0 Å². The van der Waals surface area contributed by atoms with Crippen LogP contribution in [0.15, 0.2) is 11.3 Å². The fraction of sp³-hybridized carbons (Fsp3) is 0.842. The van der Waals surface area contributed by atoms with Crippen molar-refractivity contribution in [3.8, 4) is 0 Å². The summed E-state index contributed by atoms with van der Waals surface area (Å²) in [7, 11) is -2.92. The Morgan fingerprint density at radius 1 is 1.38 bits per heavy atom. The highest BCUT2D eigenvalue weighted by Gasteiger charge is 2.28. The number of guanidine groups is 1. The molecule has 168 valence electrons. The van der Waals surface area contributed by atoms with Crippen LogP contribution in [0.3, 0.4) is 0 Å². The number of rotatable bonds is 11. The van der Waals surface area contributed by atoms with Crippen LogP contribution in [0, 0.1) is 5.92 Å². The molecule has 1 aromatic rings. The molecule has 2 unspecified atom stereocenters. The average Bonchev–Trinajstić information content (AvgIpc) is 3.26. The summed E-state index contributed by atoms with van der Waals surface area (Å²) in [6, 6.07) is -0.0620. The Labute approximate surface area is 192 Å². The first-order valence-electron chi connectivity index (χ1n) is 10.6. The molecule has 0 bridgehead atoms. The SMILES string of the molecule is CCCCC(CC)CN=C(NCCn1cnnc1CC)NC1CCS(=O)(=O)C1.I. The van der Waals surface area contributed by atoms with Gasteiger partial charge in [0.15, 0.2) is 15.8 Å². The van der Waals surface area contributed by atoms with E-state index < -0.39 is 9.84 Å². The Kier molecular flexibility index (Phi) is 12.1. The molecular formula is C19H37IN6O2S. The zero-order valence-electron chi connectivity index (χ0n) is 17.9. The van der Waals surface area contributed by atoms with Crippen molar-refractivity contribution in [3.05, 3.63) is 12.2 Å². The van der Waals surface area contributed by atoms with E-state index in [0.717, 1.165) is 31.8 Å². The quantitative estimate of drug-likeness (QED) is 0.254. The van der Waals surface area contributed by atoms with Crippen LogP contribution < -0.4 is 10.6 Å². The minimum absolute atomic E-state index is 0. The fourth-order valence-electron chi connectivity index (χ4n) is 3.43. The first kappa shape index (κ1) is 26.1. The van der Waals surface area contributed by atoms with Crippen molar-refractivity contribution in [2.24, 2.45) is 10.9 Å². The van der Waals surface area contributed by atoms with Crippen LogP contribution in [0.4, 0.5) is 0 Å². The van der Waals surface area contributed by atoms with Crippen LogP contribution in [0.2, 0.25) is 0 Å². The Morgan fingerprint density at radius 3 is 2.79 bits per heavy atom. The summed E-state index contributed by atoms with van der Waals surface area (Å²) in [5.74, 6) is 2.68. The molecule has 1 fully saturated rings. The van der Waals surface area contributed by atoms with E-state index >= 15 is 0 Å². The van der Waals surface area contributed by atoms with E-state index in [1.165, 1.54) is 19.3 Å². The van der Waals surface area contributed by atoms with Gasteiger partial charge in [0.1, 0.15) is 12.2 Å². The second-order valence-electron chi connectivity index (χ2n) is 7.57. The highest BCUT2D eigenvalue weighted by Crippen LogP contribution is 2.14. The molecule has 0 aliphatic carbocycles. The maximum Gasteiger partial charge on any atom is 0.191 e. The maximum atomic E-state index is 11.8. The van der Waals surface area contributed by atoms with E-state index in [4.69, 9.17) is 4.99 Å². The largest absolute Gasteiger partial charge is 0.355 e. The third kappa shape index (κ3) is 9.18. The zero-order valence-corrected chi connectivity index (χ0v) is 21.1. The van der Waals surface area contributed by atoms with Gasteiger partial charge in [0.25, 0.3) is 0 Å². The van der Waals surface area contributed by atoms with Crippen molar-refractivity contribution < 1.29 is 8.42 Å². The van der Waals surface area contributed by atoms with Gasteiger partial charge in [0.2, 0.25) is 0 Å². The predicted molar refractivity (Wildman–Crippen MR) is 129 cm³/mol. The second-order valence-corrected chi connectivity index (χ2v) is 9.80. The Morgan fingerprint density at radius 2 is 2.17 bits per heavy atom. The molecule has 2 N–H and O–H groups in total. The van der Waals surface area contributed by atoms with Crippen LogP contribution in [0.1, 0.15) is 58.7 Å². The van der Waals surface area contributed by atoms with Gasteiger partial charge in [-0.1, -0.05) is 40.0 Å². The van der Waals surface area contributed by atoms with Crippen LogP contribution in [-0.2, 0) is 22.8 Å². The van der Waals surface area contributed by atoms with Crippen molar-refractivity contribution in [1.29, 1.82) is 0 Å². The number of aryl methyl sites for hydroxylation is 1. The summed E-state index contributed by atoms with van der Waals surface area (Å²) in [6.45, 7) is 8.66. The van der Waals surface area contributed by atoms with E-state index in [-0.39, 0.29) is 41.5 Å². The van der Waals surface area contributed by atoms with Crippen molar-refractivity contribution in [2.75, 3.05) is 24.6 Å². The lowest BCUT2D eigenvalue weighted by atomic mass is 10.00. The number of nitrogens with one attached hydrogen (secondary N) is 2. The zero-order chi connectivity index (χ0) is 20.4. The van der Waals surface area contributed by atoms with Gasteiger partial charge >= 0.3 is 0 Å². The summed E-state index contributed by atoms with van der Waals surface area (Å²) < 4.78 is 25.6. The van der Waals surface area contributed by atoms with E-state index in [0.29, 0.717) is 24.8 Å². The molecule has 10 heteroatoms. The number of nitrogens with zero attached hydrogens (tertiary/aromatic N) is 4. The van der Waals surface area contributed by atoms with Crippen LogP contribution in [0.5, 0.6) is 0 Å². The molecule has 29 heavy (non-hydrogen) atoms. The summed E-state index contributed by atoms with van der Waals surface area (Å²) >= 11 is 0. The summed E-state index contributed by atoms with van der Waals surface area (Å²) in [6.07, 6.45) is 7.93. The van der Waals surface area contributed by atoms with E-state index in [9.17, 15) is 8.42 Å². The van der Waals surface area contributed by atoms with Gasteiger partial charge in [0.05, 0.1) is 11.5 Å². The van der Waals surface area contributed by atoms with Crippen LogP contribution in [-0.4, -0.2) is 59.8 Å². The Hall–Kier alpha value is -0.910. The first-order valence-corrected chi connectivity index (χ1v) is 12.4. The third-order valence-corrected chi connectivity index (χ3v) is 7.05. The molecule has 0 saturated carbocycles. The van der Waals surface area contributed by atoms with Gasteiger partial charge < -0.3 is 15.2 Å². The molecule has 2 heterocycles. The summed E-state index contributed by atoms with van der Waals surface area (Å²) in [5, 5.41) is 14.8. The monoisotopic (exact) mass is 540 g/mol. The molecule has 1 aromatic heterocycles. The third-order valence-electron chi connectivity index (χ3n) is 5.28. The van der Waals surface area contributed by atoms with Gasteiger partial charge in [-0.05, 0) is 18.8 Å². The number of aromatic nitrogens is 3. The van der Waals surface area contributed by atoms with Crippen molar-refractivity contribution in [3.63, 3.8) is 0 Å². The van der Waals surface area contributed by atoms with Gasteiger partial charge in [0, 0.05) is 32.1 Å². The summed E-state index contributed by atoms with van der Waals surface area (Å²) in [4.78, 5) is 4.78. The lowest BCUT2D eigenvalue weighted by Gasteiger charge is -2.19. The molecule has 0 amide bonds. The van der Waals surface area contributed by atoms with Crippen molar-refractivity contribution in [1.82, 2.24) is 25.4 Å². The van der Waals surface area contributed by atoms with Crippen molar-refractivity contribution in [2.45, 2.75) is 71.9 Å². The molecule has 1 saturated heterocycles. The molecule has 0 spiro atoms. The fourth-order valence-corrected chi connectivity index (χ4v) is 5.10. The van der Waals surface area contributed by atoms with E-state index in [1.54, 1.807) is 6.33 Å². The molecular weight excluding hydrogens is 503 g/mol. The normalized spacial score (nSPS) is 19.6. The van der Waals surface area contributed by atoms with Gasteiger partial charge in [-0.3, -0.25) is 4.99 Å². The van der Waals surface area contributed by atoms with E-state index in [1.807, 2.05) is 4.57 Å². The topological polar surface area (TPSA) is 101 Å². The molecule has 2 atom stereocenters. The number of hydrogen-bond donors (Lipinski definition) is 2. The lowest BCUT2D eigenvalue weighted by molar-refractivity contribution is 0.460. The number of halogens is 1. The molecule has 0 radical (unpaired) electrons. The number of sulfone groups is 1. The molecule has 8 nitrogen and oxygen atoms in total. The minimum Gasteiger partial charge on any atom is -0.355 e. The molecule has 0 aromatic carbocycles. The second kappa shape index (κ2) is 13.4. The molecule has 1 aliphatic heterocycles. The number of hydrogen-bond acceptors (Lipinski definition) is 5. The van der Waals surface area contributed by atoms with Gasteiger partial charge in [-0.25, -0.2) is 8.42 Å². The minimum atomic E-state index is -2.92. The predicted octanol–water partition coefficient (Wildman–Crippen LogP) is 2.40. The van der Waals surface area contributed by atoms with Crippen LogP contribution in [0.25, 0.3) is 0 Å². The van der Waals surface area contributed by atoms with Gasteiger partial charge in [-0.15, -0.1) is 34.2 Å². The lowest BCUT2D eigenvalue weighted by Crippen LogP contribution is -2.45. The molecule has 1 aliphatic rings. The van der Waals surface area contributed by atoms with Gasteiger partial charge in [-0.2, -0.15) is 0 Å². The smallest absolute Gasteiger partial charge is 0.191 e. The first-order chi connectivity index (χ1) is 13.5. The highest BCUT2D eigenvalue weighted by atomic mass is 127. The van der Waals surface area contributed by atoms with Crippen molar-refractivity contribution >= 4 is 39.8 Å². The van der Waals surface area contributed by atoms with E-state index in [2.05, 4.69) is 41.6 Å². The summed E-state index contributed by atoms with van der Waals surface area (Å²) in [5.41, 5.74) is 0. The Balaban J connectivity index is 0.00000420. The highest BCUT2D eigenvalue weighted by molar-refractivity contribution is 14.0. The standard InChI is InChI=1S/C19H36N6O2S.HI/c1-4-7-8-16(5-2)13-21-19(23-17-9-12-28(26,27)14-17)20-10-11-25-15-22-24-18(25)6-3;/h15-17H,4-14H2,1-3H3,(H2,20,21,23);1H. The number of aliphatic imine (C=N–C) groups is 1. The molecule has 2 rings (SSSR count). The Bertz CT molecular complexity index is 722.